The van der Waals surface area contributed by atoms with Crippen molar-refractivity contribution in [1.82, 2.24) is 14.9 Å². The predicted molar refractivity (Wildman–Crippen MR) is 80.4 cm³/mol. The van der Waals surface area contributed by atoms with Gasteiger partial charge in [0, 0.05) is 25.4 Å². The Morgan fingerprint density at radius 1 is 1.27 bits per heavy atom. The quantitative estimate of drug-likeness (QED) is 0.909. The summed E-state index contributed by atoms with van der Waals surface area (Å²) in [4.78, 5) is 35.0. The van der Waals surface area contributed by atoms with E-state index in [0.29, 0.717) is 31.0 Å². The molecule has 1 aromatic rings. The number of carbonyl (C=O) groups excluding carboxylic acids is 2. The Labute approximate surface area is 130 Å². The minimum Gasteiger partial charge on any atom is -0.367 e. The molecule has 1 aromatic heterocycles. The minimum atomic E-state index is -1.12. The molecule has 2 N–H and O–H groups in total. The lowest BCUT2D eigenvalue weighted by atomic mass is 9.90. The van der Waals surface area contributed by atoms with Gasteiger partial charge >= 0.3 is 0 Å². The molecule has 3 rings (SSSR count). The van der Waals surface area contributed by atoms with E-state index in [-0.39, 0.29) is 5.91 Å². The molecular formula is C16H22N4O2. The monoisotopic (exact) mass is 302 g/mol. The van der Waals surface area contributed by atoms with Crippen LogP contribution in [-0.4, -0.2) is 33.2 Å². The van der Waals surface area contributed by atoms with Gasteiger partial charge in [-0.15, -0.1) is 0 Å². The molecule has 2 amide bonds. The molecule has 2 heterocycles. The first-order valence-electron chi connectivity index (χ1n) is 8.01. The van der Waals surface area contributed by atoms with Gasteiger partial charge in [0.05, 0.1) is 11.9 Å². The maximum Gasteiger partial charge on any atom is 0.249 e. The second kappa shape index (κ2) is 6.02. The van der Waals surface area contributed by atoms with Crippen molar-refractivity contribution in [3.63, 3.8) is 0 Å². The first-order valence-corrected chi connectivity index (χ1v) is 8.01. The van der Waals surface area contributed by atoms with E-state index in [9.17, 15) is 9.59 Å². The highest BCUT2D eigenvalue weighted by atomic mass is 16.2. The van der Waals surface area contributed by atoms with E-state index in [2.05, 4.69) is 9.97 Å². The molecule has 6 heteroatoms. The molecule has 0 unspecified atom stereocenters. The molecular weight excluding hydrogens is 280 g/mol. The van der Waals surface area contributed by atoms with Crippen molar-refractivity contribution in [2.24, 2.45) is 11.7 Å². The highest BCUT2D eigenvalue weighted by molar-refractivity contribution is 5.91. The average Bonchev–Trinajstić information content (AvgIpc) is 3.17. The number of amides is 2. The van der Waals surface area contributed by atoms with Gasteiger partial charge in [-0.2, -0.15) is 0 Å². The van der Waals surface area contributed by atoms with Crippen LogP contribution in [0.15, 0.2) is 18.6 Å². The van der Waals surface area contributed by atoms with E-state index in [4.69, 9.17) is 5.73 Å². The number of primary amides is 1. The molecule has 1 atom stereocenters. The highest BCUT2D eigenvalue weighted by Crippen LogP contribution is 2.39. The first-order chi connectivity index (χ1) is 10.6. The second-order valence-corrected chi connectivity index (χ2v) is 6.32. The molecule has 6 nitrogen and oxygen atoms in total. The Balaban J connectivity index is 1.88. The van der Waals surface area contributed by atoms with Gasteiger partial charge in [0.25, 0.3) is 0 Å². The summed E-state index contributed by atoms with van der Waals surface area (Å²) in [5, 5.41) is 0. The smallest absolute Gasteiger partial charge is 0.249 e. The van der Waals surface area contributed by atoms with Gasteiger partial charge in [0.15, 0.2) is 5.54 Å². The zero-order valence-electron chi connectivity index (χ0n) is 12.7. The van der Waals surface area contributed by atoms with Crippen LogP contribution in [0.1, 0.15) is 50.6 Å². The zero-order chi connectivity index (χ0) is 15.6. The van der Waals surface area contributed by atoms with Crippen molar-refractivity contribution in [3.05, 3.63) is 24.3 Å². The Hall–Kier alpha value is -1.98. The molecule has 1 aliphatic heterocycles. The number of rotatable bonds is 4. The number of nitrogens with two attached hydrogens (primary N) is 1. The third-order valence-electron chi connectivity index (χ3n) is 5.01. The lowest BCUT2D eigenvalue weighted by Gasteiger charge is -2.35. The van der Waals surface area contributed by atoms with Gasteiger partial charge in [-0.05, 0) is 31.6 Å². The van der Waals surface area contributed by atoms with Crippen LogP contribution in [0, 0.1) is 5.92 Å². The fourth-order valence-corrected chi connectivity index (χ4v) is 3.89. The van der Waals surface area contributed by atoms with E-state index in [0.717, 1.165) is 19.3 Å². The number of nitrogens with zero attached hydrogens (tertiary/aromatic N) is 3. The van der Waals surface area contributed by atoms with Crippen LogP contribution >= 0.6 is 0 Å². The zero-order valence-corrected chi connectivity index (χ0v) is 12.7. The third kappa shape index (κ3) is 2.46. The van der Waals surface area contributed by atoms with Gasteiger partial charge < -0.3 is 10.6 Å². The Kier molecular flexibility index (Phi) is 4.09. The summed E-state index contributed by atoms with van der Waals surface area (Å²) >= 11 is 0. The van der Waals surface area contributed by atoms with Gasteiger partial charge in [0.2, 0.25) is 11.8 Å². The lowest BCUT2D eigenvalue weighted by Crippen LogP contribution is -2.54. The van der Waals surface area contributed by atoms with Crippen molar-refractivity contribution in [1.29, 1.82) is 0 Å². The van der Waals surface area contributed by atoms with E-state index in [1.807, 2.05) is 0 Å². The molecule has 2 fully saturated rings. The molecule has 1 saturated heterocycles. The number of aromatic nitrogens is 2. The molecule has 1 saturated carbocycles. The van der Waals surface area contributed by atoms with Crippen LogP contribution in [0.4, 0.5) is 0 Å². The van der Waals surface area contributed by atoms with Gasteiger partial charge in [-0.3, -0.25) is 19.6 Å². The summed E-state index contributed by atoms with van der Waals surface area (Å²) in [5.74, 6) is -0.0420. The summed E-state index contributed by atoms with van der Waals surface area (Å²) in [6, 6.07) is 0. The lowest BCUT2D eigenvalue weighted by molar-refractivity contribution is -0.145. The van der Waals surface area contributed by atoms with E-state index in [1.54, 1.807) is 17.3 Å². The summed E-state index contributed by atoms with van der Waals surface area (Å²) in [6.07, 6.45) is 11.0. The van der Waals surface area contributed by atoms with Crippen LogP contribution in [0.2, 0.25) is 0 Å². The molecule has 118 valence electrons. The molecule has 0 aromatic carbocycles. The van der Waals surface area contributed by atoms with Crippen molar-refractivity contribution in [2.75, 3.05) is 6.54 Å². The maximum absolute atomic E-state index is 12.8. The summed E-state index contributed by atoms with van der Waals surface area (Å²) in [7, 11) is 0. The van der Waals surface area contributed by atoms with Crippen LogP contribution in [0.5, 0.6) is 0 Å². The molecule has 2 aliphatic rings. The standard InChI is InChI=1S/C16H22N4O2/c17-15(22)16(13-11-18-7-8-19-13)6-3-9-20(16)14(21)10-12-4-1-2-5-12/h7-8,11-12H,1-6,9-10H2,(H2,17,22)/t16-/m1/s1. The molecule has 0 radical (unpaired) electrons. The summed E-state index contributed by atoms with van der Waals surface area (Å²) in [5.41, 5.74) is 5.07. The summed E-state index contributed by atoms with van der Waals surface area (Å²) in [6.45, 7) is 0.561. The minimum absolute atomic E-state index is 0.0221. The summed E-state index contributed by atoms with van der Waals surface area (Å²) < 4.78 is 0. The number of carbonyl (C=O) groups is 2. The predicted octanol–water partition coefficient (Wildman–Crippen LogP) is 1.36. The fourth-order valence-electron chi connectivity index (χ4n) is 3.89. The van der Waals surface area contributed by atoms with Crippen LogP contribution in [0.25, 0.3) is 0 Å². The number of hydrogen-bond acceptors (Lipinski definition) is 4. The van der Waals surface area contributed by atoms with Gasteiger partial charge in [-0.25, -0.2) is 0 Å². The van der Waals surface area contributed by atoms with Crippen LogP contribution in [-0.2, 0) is 15.1 Å². The number of hydrogen-bond donors (Lipinski definition) is 1. The molecule has 0 spiro atoms. The van der Waals surface area contributed by atoms with E-state index >= 15 is 0 Å². The Morgan fingerprint density at radius 3 is 2.68 bits per heavy atom. The van der Waals surface area contributed by atoms with Gasteiger partial charge in [0.1, 0.15) is 0 Å². The normalized spacial score (nSPS) is 25.5. The Bertz CT molecular complexity index is 557. The van der Waals surface area contributed by atoms with Crippen molar-refractivity contribution < 1.29 is 9.59 Å². The molecule has 0 bridgehead atoms. The number of likely N-dealkylation sites (tertiary alicyclic amines) is 1. The second-order valence-electron chi connectivity index (χ2n) is 6.32. The average molecular weight is 302 g/mol. The van der Waals surface area contributed by atoms with Crippen LogP contribution < -0.4 is 5.73 Å². The van der Waals surface area contributed by atoms with Crippen molar-refractivity contribution in [2.45, 2.75) is 50.5 Å². The molecule has 1 aliphatic carbocycles. The van der Waals surface area contributed by atoms with Crippen molar-refractivity contribution >= 4 is 11.8 Å². The highest BCUT2D eigenvalue weighted by Gasteiger charge is 2.51. The fraction of sp³-hybridized carbons (Fsp3) is 0.625. The SMILES string of the molecule is NC(=O)[C@]1(c2cnccn2)CCCN1C(=O)CC1CCCC1. The van der Waals surface area contributed by atoms with Gasteiger partial charge in [-0.1, -0.05) is 12.8 Å². The van der Waals surface area contributed by atoms with Crippen molar-refractivity contribution in [3.8, 4) is 0 Å². The maximum atomic E-state index is 12.8. The van der Waals surface area contributed by atoms with E-state index < -0.39 is 11.4 Å². The van der Waals surface area contributed by atoms with E-state index in [1.165, 1.54) is 19.0 Å². The largest absolute Gasteiger partial charge is 0.367 e. The molecule has 22 heavy (non-hydrogen) atoms. The third-order valence-corrected chi connectivity index (χ3v) is 5.01. The Morgan fingerprint density at radius 2 is 2.05 bits per heavy atom. The first kappa shape index (κ1) is 14.9. The van der Waals surface area contributed by atoms with Crippen LogP contribution in [0.3, 0.4) is 0 Å². The topological polar surface area (TPSA) is 89.2 Å².